The molecule has 10 nitrogen and oxygen atoms in total. The molecule has 0 saturated heterocycles. The molecule has 0 aromatic heterocycles. The molecule has 52 heavy (non-hydrogen) atoms. The van der Waals surface area contributed by atoms with E-state index in [9.17, 15) is 19.2 Å². The number of fused-ring (bicyclic) bond motifs is 2. The maximum Gasteiger partial charge on any atom is 0.330 e. The van der Waals surface area contributed by atoms with Crippen LogP contribution < -0.4 is 20.1 Å². The Morgan fingerprint density at radius 2 is 1.12 bits per heavy atom. The molecule has 268 valence electrons. The molecule has 0 saturated carbocycles. The molecule has 10 heteroatoms. The first-order valence-electron chi connectivity index (χ1n) is 17.1. The number of aliphatic carboxylic acids is 1. The van der Waals surface area contributed by atoms with E-state index < -0.39 is 5.97 Å². The lowest BCUT2D eigenvalue weighted by atomic mass is 10.0. The first kappa shape index (κ1) is 37.1. The lowest BCUT2D eigenvalue weighted by Crippen LogP contribution is -2.27. The van der Waals surface area contributed by atoms with E-state index in [0.29, 0.717) is 23.5 Å². The normalized spacial score (nSPS) is 15.6. The fraction of sp³-hybridized carbons (Fsp3) is 0.238. The van der Waals surface area contributed by atoms with Gasteiger partial charge in [0.15, 0.2) is 0 Å². The van der Waals surface area contributed by atoms with Gasteiger partial charge >= 0.3 is 11.9 Å². The van der Waals surface area contributed by atoms with Crippen LogP contribution in [0.25, 0.3) is 12.2 Å². The number of rotatable bonds is 11. The van der Waals surface area contributed by atoms with Crippen LogP contribution in [-0.4, -0.2) is 49.7 Å². The van der Waals surface area contributed by atoms with Crippen molar-refractivity contribution in [2.75, 3.05) is 20.8 Å². The monoisotopic (exact) mass is 702 g/mol. The van der Waals surface area contributed by atoms with Crippen molar-refractivity contribution >= 4 is 35.9 Å². The molecule has 2 atom stereocenters. The van der Waals surface area contributed by atoms with E-state index in [1.165, 1.54) is 11.6 Å². The smallest absolute Gasteiger partial charge is 0.330 e. The van der Waals surface area contributed by atoms with Crippen LogP contribution in [0, 0.1) is 0 Å². The van der Waals surface area contributed by atoms with Crippen molar-refractivity contribution in [2.24, 2.45) is 0 Å². The summed E-state index contributed by atoms with van der Waals surface area (Å²) in [7, 11) is 3.19. The van der Waals surface area contributed by atoms with E-state index in [-0.39, 0.29) is 29.9 Å². The molecule has 0 bridgehead atoms. The molecule has 2 amide bonds. The van der Waals surface area contributed by atoms with Gasteiger partial charge in [-0.25, -0.2) is 9.59 Å². The molecule has 4 aromatic carbocycles. The van der Waals surface area contributed by atoms with Crippen molar-refractivity contribution in [1.29, 1.82) is 0 Å². The zero-order valence-corrected chi connectivity index (χ0v) is 29.4. The van der Waals surface area contributed by atoms with Crippen LogP contribution in [0.15, 0.2) is 97.1 Å². The van der Waals surface area contributed by atoms with E-state index in [4.69, 9.17) is 19.3 Å². The number of esters is 1. The number of aryl methyl sites for hydroxylation is 2. The van der Waals surface area contributed by atoms with Crippen LogP contribution in [0.5, 0.6) is 11.5 Å². The van der Waals surface area contributed by atoms with Gasteiger partial charge in [0, 0.05) is 23.3 Å². The Kier molecular flexibility index (Phi) is 12.6. The standard InChI is InChI=1S/C22H23NO4.C20H19NO4/c1-3-27-21(24)13-5-15-4-11-19-17(14-15)8-12-20(19)23-22(25)16-6-9-18(26-2)10-7-16;1-25-16-7-4-14(5-8-16)20(24)21-18-10-6-15-12-13(2-9-17(15)18)3-11-19(22)23/h4-7,9-11,13-14,20H,3,8,12H2,1-2H3,(H,23,25);2-5,7-9,11-12,18H,6,10H2,1H3,(H,21,24)(H,22,23)/b13-5+;11-3+. The maximum atomic E-state index is 12.5. The van der Waals surface area contributed by atoms with E-state index in [1.807, 2.05) is 30.3 Å². The fourth-order valence-electron chi connectivity index (χ4n) is 6.27. The molecule has 0 fully saturated rings. The van der Waals surface area contributed by atoms with E-state index in [1.54, 1.807) is 81.8 Å². The molecular formula is C42H42N2O8. The van der Waals surface area contributed by atoms with Crippen molar-refractivity contribution in [3.05, 3.63) is 142 Å². The number of methoxy groups -OCH3 is 2. The minimum Gasteiger partial charge on any atom is -0.497 e. The van der Waals surface area contributed by atoms with Crippen LogP contribution in [0.4, 0.5) is 0 Å². The highest BCUT2D eigenvalue weighted by Crippen LogP contribution is 2.33. The summed E-state index contributed by atoms with van der Waals surface area (Å²) in [4.78, 5) is 47.0. The van der Waals surface area contributed by atoms with Gasteiger partial charge in [-0.3, -0.25) is 9.59 Å². The Hall–Kier alpha value is -6.16. The molecular weight excluding hydrogens is 660 g/mol. The van der Waals surface area contributed by atoms with Gasteiger partial charge in [0.2, 0.25) is 0 Å². The lowest BCUT2D eigenvalue weighted by molar-refractivity contribution is -0.137. The topological polar surface area (TPSA) is 140 Å². The molecule has 2 aliphatic carbocycles. The summed E-state index contributed by atoms with van der Waals surface area (Å²) in [5.41, 5.74) is 7.56. The Bertz CT molecular complexity index is 1970. The molecule has 2 aliphatic rings. The second-order valence-electron chi connectivity index (χ2n) is 12.3. The Balaban J connectivity index is 0.000000202. The van der Waals surface area contributed by atoms with E-state index >= 15 is 0 Å². The third-order valence-corrected chi connectivity index (χ3v) is 8.92. The molecule has 0 heterocycles. The summed E-state index contributed by atoms with van der Waals surface area (Å²) < 4.78 is 15.1. The molecule has 2 unspecified atom stereocenters. The number of nitrogens with one attached hydrogen (secondary N) is 2. The number of hydrogen-bond acceptors (Lipinski definition) is 7. The SMILES string of the molecule is CCOC(=O)/C=C/c1ccc2c(c1)CCC2NC(=O)c1ccc(OC)cc1.COc1ccc(C(=O)NC2CCc3cc(/C=C/C(=O)O)ccc32)cc1. The molecule has 0 spiro atoms. The molecule has 0 radical (unpaired) electrons. The van der Waals surface area contributed by atoms with Crippen molar-refractivity contribution in [3.8, 4) is 11.5 Å². The van der Waals surface area contributed by atoms with Crippen LogP contribution in [-0.2, 0) is 27.2 Å². The number of carboxylic acid groups (broad SMARTS) is 1. The van der Waals surface area contributed by atoms with Gasteiger partial charge in [-0.1, -0.05) is 36.4 Å². The third-order valence-electron chi connectivity index (χ3n) is 8.92. The molecule has 4 aromatic rings. The number of carbonyl (C=O) groups excluding carboxylic acids is 3. The first-order valence-corrected chi connectivity index (χ1v) is 17.1. The van der Waals surface area contributed by atoms with Crippen LogP contribution in [0.2, 0.25) is 0 Å². The predicted octanol–water partition coefficient (Wildman–Crippen LogP) is 6.90. The Morgan fingerprint density at radius 3 is 1.52 bits per heavy atom. The van der Waals surface area contributed by atoms with Gasteiger partial charge in [0.05, 0.1) is 32.9 Å². The quantitative estimate of drug-likeness (QED) is 0.113. The fourth-order valence-corrected chi connectivity index (χ4v) is 6.27. The highest BCUT2D eigenvalue weighted by atomic mass is 16.5. The molecule has 6 rings (SSSR count). The minimum atomic E-state index is -0.967. The summed E-state index contributed by atoms with van der Waals surface area (Å²) in [5.74, 6) is -0.0872. The summed E-state index contributed by atoms with van der Waals surface area (Å²) in [6, 6.07) is 25.9. The average molecular weight is 703 g/mol. The minimum absolute atomic E-state index is 0.00214. The second kappa shape index (κ2) is 17.7. The summed E-state index contributed by atoms with van der Waals surface area (Å²) in [5, 5.41) is 14.9. The van der Waals surface area contributed by atoms with E-state index in [2.05, 4.69) is 16.7 Å². The maximum absolute atomic E-state index is 12.5. The lowest BCUT2D eigenvalue weighted by Gasteiger charge is -2.14. The van der Waals surface area contributed by atoms with Gasteiger partial charge in [-0.15, -0.1) is 0 Å². The highest BCUT2D eigenvalue weighted by Gasteiger charge is 2.25. The van der Waals surface area contributed by atoms with Crippen molar-refractivity contribution in [3.63, 3.8) is 0 Å². The number of benzene rings is 4. The van der Waals surface area contributed by atoms with Gasteiger partial charge in [-0.05, 0) is 127 Å². The molecule has 3 N–H and O–H groups in total. The van der Waals surface area contributed by atoms with Gasteiger partial charge in [-0.2, -0.15) is 0 Å². The number of amides is 2. The zero-order chi connectivity index (χ0) is 37.0. The summed E-state index contributed by atoms with van der Waals surface area (Å²) in [6.07, 6.45) is 9.34. The second-order valence-corrected chi connectivity index (χ2v) is 12.3. The van der Waals surface area contributed by atoms with E-state index in [0.717, 1.165) is 65.3 Å². The number of hydrogen-bond donors (Lipinski definition) is 3. The predicted molar refractivity (Wildman–Crippen MR) is 198 cm³/mol. The number of carbonyl (C=O) groups is 4. The van der Waals surface area contributed by atoms with Crippen LogP contribution >= 0.6 is 0 Å². The molecule has 0 aliphatic heterocycles. The van der Waals surface area contributed by atoms with Crippen molar-refractivity contribution in [2.45, 2.75) is 44.7 Å². The van der Waals surface area contributed by atoms with Crippen LogP contribution in [0.1, 0.15) is 85.9 Å². The zero-order valence-electron chi connectivity index (χ0n) is 29.4. The van der Waals surface area contributed by atoms with Gasteiger partial charge in [0.1, 0.15) is 11.5 Å². The van der Waals surface area contributed by atoms with Crippen LogP contribution in [0.3, 0.4) is 0 Å². The first-order chi connectivity index (χ1) is 25.2. The third kappa shape index (κ3) is 9.75. The highest BCUT2D eigenvalue weighted by molar-refractivity contribution is 5.95. The number of ether oxygens (including phenoxy) is 3. The van der Waals surface area contributed by atoms with Crippen molar-refractivity contribution < 1.29 is 38.5 Å². The summed E-state index contributed by atoms with van der Waals surface area (Å²) >= 11 is 0. The number of carboxylic acids is 1. The summed E-state index contributed by atoms with van der Waals surface area (Å²) in [6.45, 7) is 2.14. The average Bonchev–Trinajstić information content (AvgIpc) is 3.76. The van der Waals surface area contributed by atoms with Gasteiger partial charge in [0.25, 0.3) is 11.8 Å². The van der Waals surface area contributed by atoms with Crippen molar-refractivity contribution in [1.82, 2.24) is 10.6 Å². The largest absolute Gasteiger partial charge is 0.497 e. The Morgan fingerprint density at radius 1 is 0.673 bits per heavy atom. The van der Waals surface area contributed by atoms with Gasteiger partial charge < -0.3 is 30.0 Å². The Labute approximate surface area is 303 Å².